The molecule has 2 aromatic rings. The van der Waals surface area contributed by atoms with Crippen LogP contribution in [-0.4, -0.2) is 55.8 Å². The van der Waals surface area contributed by atoms with Crippen LogP contribution >= 0.6 is 24.0 Å². The van der Waals surface area contributed by atoms with Crippen LogP contribution in [0.25, 0.3) is 0 Å². The summed E-state index contributed by atoms with van der Waals surface area (Å²) in [4.78, 5) is 14.1. The molecule has 0 atom stereocenters. The topological polar surface area (TPSA) is 144 Å². The molecule has 0 saturated heterocycles. The molecule has 3 N–H and O–H groups in total. The number of halogens is 1. The van der Waals surface area contributed by atoms with Crippen molar-refractivity contribution in [3.05, 3.63) is 51.8 Å². The smallest absolute Gasteiger partial charge is 0.270 e. The highest BCUT2D eigenvalue weighted by Gasteiger charge is 2.17. The maximum Gasteiger partial charge on any atom is 0.270 e. The number of nitrogens with one attached hydrogen (secondary N) is 3. The van der Waals surface area contributed by atoms with Gasteiger partial charge in [-0.15, -0.1) is 24.0 Å². The lowest BCUT2D eigenvalue weighted by Gasteiger charge is -2.13. The van der Waals surface area contributed by atoms with E-state index in [1.807, 2.05) is 24.6 Å². The number of aryl methyl sites for hydroxylation is 3. The highest BCUT2D eigenvalue weighted by Crippen LogP contribution is 2.16. The van der Waals surface area contributed by atoms with Gasteiger partial charge in [-0.05, 0) is 32.4 Å². The molecule has 0 unspecified atom stereocenters. The molecule has 13 heteroatoms. The monoisotopic (exact) mass is 565 g/mol. The van der Waals surface area contributed by atoms with Crippen molar-refractivity contribution in [1.82, 2.24) is 25.1 Å². The number of non-ortho nitro benzene ring substituents is 1. The number of aromatic nitrogens is 2. The van der Waals surface area contributed by atoms with E-state index in [0.717, 1.165) is 30.4 Å². The van der Waals surface area contributed by atoms with Crippen LogP contribution in [0.15, 0.2) is 40.2 Å². The Morgan fingerprint density at radius 2 is 1.90 bits per heavy atom. The number of sulfonamides is 1. The average molecular weight is 565 g/mol. The Hall–Kier alpha value is -2.26. The molecule has 2 rings (SSSR count). The summed E-state index contributed by atoms with van der Waals surface area (Å²) in [6.45, 7) is 5.83. The van der Waals surface area contributed by atoms with Crippen LogP contribution in [0, 0.1) is 24.0 Å². The molecule has 0 fully saturated rings. The van der Waals surface area contributed by atoms with E-state index in [1.54, 1.807) is 7.05 Å². The molecule has 1 aromatic carbocycles. The zero-order valence-corrected chi connectivity index (χ0v) is 20.8. The first-order valence-electron chi connectivity index (χ1n) is 9.42. The predicted molar refractivity (Wildman–Crippen MR) is 129 cm³/mol. The number of guanidine groups is 1. The van der Waals surface area contributed by atoms with Gasteiger partial charge in [-0.1, -0.05) is 6.07 Å². The molecule has 0 amide bonds. The molecule has 0 aliphatic carbocycles. The van der Waals surface area contributed by atoms with Crippen molar-refractivity contribution in [3.63, 3.8) is 0 Å². The third-order valence-electron chi connectivity index (χ3n) is 4.21. The van der Waals surface area contributed by atoms with Gasteiger partial charge in [-0.3, -0.25) is 19.8 Å². The van der Waals surface area contributed by atoms with E-state index >= 15 is 0 Å². The standard InChI is InChI=1S/C18H27N7O4S.HI/c1-14-12-15(2)24(23-14)11-5-8-20-18(19-3)21-9-10-22-30(28,29)17-7-4-6-16(13-17)25(26)27;/h4,6-7,12-13,22H,5,8-11H2,1-3H3,(H2,19,20,21);1H. The van der Waals surface area contributed by atoms with Crippen molar-refractivity contribution in [2.24, 2.45) is 4.99 Å². The minimum atomic E-state index is -3.84. The third kappa shape index (κ3) is 8.41. The van der Waals surface area contributed by atoms with Crippen LogP contribution in [0.2, 0.25) is 0 Å². The number of hydrogen-bond acceptors (Lipinski definition) is 6. The maximum atomic E-state index is 12.3. The number of benzene rings is 1. The molecule has 11 nitrogen and oxygen atoms in total. The van der Waals surface area contributed by atoms with E-state index in [-0.39, 0.29) is 41.1 Å². The SMILES string of the molecule is CN=C(NCCCn1nc(C)cc1C)NCCNS(=O)(=O)c1cccc([N+](=O)[O-])c1.I. The lowest BCUT2D eigenvalue weighted by Crippen LogP contribution is -2.42. The predicted octanol–water partition coefficient (Wildman–Crippen LogP) is 1.56. The van der Waals surface area contributed by atoms with E-state index in [2.05, 4.69) is 25.4 Å². The summed E-state index contributed by atoms with van der Waals surface area (Å²) in [6, 6.07) is 6.95. The summed E-state index contributed by atoms with van der Waals surface area (Å²) in [5.41, 5.74) is 1.83. The fraction of sp³-hybridized carbons (Fsp3) is 0.444. The first-order chi connectivity index (χ1) is 14.2. The highest BCUT2D eigenvalue weighted by molar-refractivity contribution is 14.0. The second kappa shape index (κ2) is 12.6. The molecule has 172 valence electrons. The van der Waals surface area contributed by atoms with Crippen LogP contribution in [-0.2, 0) is 16.6 Å². The Morgan fingerprint density at radius 1 is 1.19 bits per heavy atom. The first-order valence-corrected chi connectivity index (χ1v) is 10.9. The molecule has 0 aliphatic rings. The van der Waals surface area contributed by atoms with Crippen molar-refractivity contribution in [3.8, 4) is 0 Å². The fourth-order valence-corrected chi connectivity index (χ4v) is 3.84. The highest BCUT2D eigenvalue weighted by atomic mass is 127. The van der Waals surface area contributed by atoms with Crippen LogP contribution in [0.5, 0.6) is 0 Å². The normalized spacial score (nSPS) is 11.6. The van der Waals surface area contributed by atoms with Crippen molar-refractivity contribution in [1.29, 1.82) is 0 Å². The van der Waals surface area contributed by atoms with Gasteiger partial charge in [0.2, 0.25) is 10.0 Å². The van der Waals surface area contributed by atoms with Gasteiger partial charge in [0.25, 0.3) is 5.69 Å². The van der Waals surface area contributed by atoms with Gasteiger partial charge < -0.3 is 10.6 Å². The van der Waals surface area contributed by atoms with Gasteiger partial charge in [0, 0.05) is 51.1 Å². The Morgan fingerprint density at radius 3 is 2.52 bits per heavy atom. The van der Waals surface area contributed by atoms with Crippen LogP contribution in [0.4, 0.5) is 5.69 Å². The fourth-order valence-electron chi connectivity index (χ4n) is 2.77. The number of nitro benzene ring substituents is 1. The summed E-state index contributed by atoms with van der Waals surface area (Å²) < 4.78 is 28.9. The van der Waals surface area contributed by atoms with E-state index in [0.29, 0.717) is 19.0 Å². The molecular weight excluding hydrogens is 537 g/mol. The Labute approximate surface area is 198 Å². The lowest BCUT2D eigenvalue weighted by molar-refractivity contribution is -0.385. The Balaban J connectivity index is 0.00000480. The molecule has 1 aromatic heterocycles. The quantitative estimate of drug-likeness (QED) is 0.0991. The van der Waals surface area contributed by atoms with Crippen molar-refractivity contribution in [2.45, 2.75) is 31.7 Å². The molecule has 0 bridgehead atoms. The van der Waals surface area contributed by atoms with E-state index in [4.69, 9.17) is 0 Å². The lowest BCUT2D eigenvalue weighted by atomic mass is 10.3. The first kappa shape index (κ1) is 26.8. The van der Waals surface area contributed by atoms with Gasteiger partial charge in [0.15, 0.2) is 5.96 Å². The molecule has 0 radical (unpaired) electrons. The van der Waals surface area contributed by atoms with Crippen LogP contribution in [0.3, 0.4) is 0 Å². The van der Waals surface area contributed by atoms with Crippen molar-refractivity contribution < 1.29 is 13.3 Å². The minimum Gasteiger partial charge on any atom is -0.356 e. The van der Waals surface area contributed by atoms with E-state index < -0.39 is 14.9 Å². The molecule has 31 heavy (non-hydrogen) atoms. The van der Waals surface area contributed by atoms with Crippen molar-refractivity contribution >= 4 is 45.6 Å². The number of rotatable bonds is 10. The zero-order chi connectivity index (χ0) is 22.1. The number of aliphatic imine (C=N–C) groups is 1. The van der Waals surface area contributed by atoms with Gasteiger partial charge in [-0.2, -0.15) is 5.10 Å². The summed E-state index contributed by atoms with van der Waals surface area (Å²) in [5, 5.41) is 21.4. The zero-order valence-electron chi connectivity index (χ0n) is 17.7. The average Bonchev–Trinajstić information content (AvgIpc) is 3.03. The van der Waals surface area contributed by atoms with Crippen LogP contribution < -0.4 is 15.4 Å². The van der Waals surface area contributed by atoms with E-state index in [9.17, 15) is 18.5 Å². The number of nitrogens with zero attached hydrogens (tertiary/aromatic N) is 4. The maximum absolute atomic E-state index is 12.3. The summed E-state index contributed by atoms with van der Waals surface area (Å²) in [6.07, 6.45) is 0.849. The minimum absolute atomic E-state index is 0. The van der Waals surface area contributed by atoms with E-state index in [1.165, 1.54) is 18.2 Å². The van der Waals surface area contributed by atoms with Crippen LogP contribution in [0.1, 0.15) is 17.8 Å². The summed E-state index contributed by atoms with van der Waals surface area (Å²) >= 11 is 0. The second-order valence-electron chi connectivity index (χ2n) is 6.58. The molecule has 0 aliphatic heterocycles. The van der Waals surface area contributed by atoms with Gasteiger partial charge in [0.05, 0.1) is 15.5 Å². The number of hydrogen-bond donors (Lipinski definition) is 3. The Bertz CT molecular complexity index is 1010. The Kier molecular flexibility index (Phi) is 10.8. The largest absolute Gasteiger partial charge is 0.356 e. The van der Waals surface area contributed by atoms with Gasteiger partial charge in [-0.25, -0.2) is 13.1 Å². The molecule has 0 saturated carbocycles. The summed E-state index contributed by atoms with van der Waals surface area (Å²) in [7, 11) is -2.21. The molecule has 1 heterocycles. The van der Waals surface area contributed by atoms with Gasteiger partial charge >= 0.3 is 0 Å². The number of nitro groups is 1. The second-order valence-corrected chi connectivity index (χ2v) is 8.35. The third-order valence-corrected chi connectivity index (χ3v) is 5.67. The molecule has 0 spiro atoms. The van der Waals surface area contributed by atoms with Crippen molar-refractivity contribution in [2.75, 3.05) is 26.7 Å². The summed E-state index contributed by atoms with van der Waals surface area (Å²) in [5.74, 6) is 0.554. The molecular formula is C18H28IN7O4S. The van der Waals surface area contributed by atoms with Gasteiger partial charge in [0.1, 0.15) is 0 Å².